The molecule has 2 aromatic heterocycles. The first-order valence-electron chi connectivity index (χ1n) is 15.6. The molecule has 2 heterocycles. The van der Waals surface area contributed by atoms with Gasteiger partial charge in [-0.1, -0.05) is 20.8 Å². The summed E-state index contributed by atoms with van der Waals surface area (Å²) in [6, 6.07) is 1.22. The number of thiazole rings is 1. The third-order valence-electron chi connectivity index (χ3n) is 10.3. The molecule has 6 rings (SSSR count). The smallest absolute Gasteiger partial charge is 0.353 e. The Morgan fingerprint density at radius 3 is 2.25 bits per heavy atom. The molecule has 0 aliphatic heterocycles. The number of alkyl halides is 3. The molecule has 16 heteroatoms. The van der Waals surface area contributed by atoms with Crippen LogP contribution in [-0.2, 0) is 31.9 Å². The van der Waals surface area contributed by atoms with Gasteiger partial charge in [-0.15, -0.1) is 11.3 Å². The highest BCUT2D eigenvalue weighted by Crippen LogP contribution is 2.77. The van der Waals surface area contributed by atoms with E-state index >= 15 is 0 Å². The van der Waals surface area contributed by atoms with E-state index in [2.05, 4.69) is 47.0 Å². The number of anilines is 1. The Labute approximate surface area is 278 Å². The SMILES string of the molecule is CNC(=O)C(=O)CC[C@H](NC(=O)c1sc(C(F)(F)F)nc1C)C(=O)Nc1cccn(CC(=O)NC23CC4(C)CC(C)(C2)C(C)(C4)C3)c1=O. The van der Waals surface area contributed by atoms with Crippen LogP contribution in [0.1, 0.15) is 86.1 Å². The Balaban J connectivity index is 1.30. The van der Waals surface area contributed by atoms with Gasteiger partial charge in [-0.25, -0.2) is 4.98 Å². The number of nitrogens with zero attached hydrogens (tertiary/aromatic N) is 2. The van der Waals surface area contributed by atoms with Crippen molar-refractivity contribution in [2.75, 3.05) is 12.4 Å². The van der Waals surface area contributed by atoms with Crippen LogP contribution in [0, 0.1) is 23.2 Å². The van der Waals surface area contributed by atoms with E-state index in [9.17, 15) is 41.9 Å². The van der Waals surface area contributed by atoms with Crippen LogP contribution in [0.4, 0.5) is 18.9 Å². The number of aryl methyl sites for hydroxylation is 1. The number of amides is 4. The van der Waals surface area contributed by atoms with Crippen molar-refractivity contribution in [3.63, 3.8) is 0 Å². The van der Waals surface area contributed by atoms with Gasteiger partial charge in [0.05, 0.1) is 5.69 Å². The second-order valence-corrected chi connectivity index (χ2v) is 15.5. The first-order chi connectivity index (χ1) is 22.2. The summed E-state index contributed by atoms with van der Waals surface area (Å²) >= 11 is 0.0909. The minimum atomic E-state index is -4.79. The molecule has 0 radical (unpaired) electrons. The highest BCUT2D eigenvalue weighted by molar-refractivity contribution is 7.13. The quantitative estimate of drug-likeness (QED) is 0.262. The molecule has 0 spiro atoms. The number of likely N-dealkylation sites (N-methyl/N-ethyl adjacent to an activating group) is 1. The molecule has 2 unspecified atom stereocenters. The summed E-state index contributed by atoms with van der Waals surface area (Å²) in [7, 11) is 1.24. The standard InChI is InChI=1S/C32H39F3N6O6S/c1-17-22(48-27(37-17)32(33,34)35)25(46)38-18(8-9-20(42)24(45)36-5)23(44)39-19-7-6-10-41(26(19)47)11-21(43)40-31-14-28(2)12-29(3,15-31)30(4,13-28)16-31/h6-7,10,18H,8-9,11-16H2,1-5H3,(H,36,45)(H,38,46)(H,39,44)(H,40,43)/t18-,28?,29?,30?,31?/m0/s1. The number of pyridine rings is 1. The molecule has 260 valence electrons. The number of aromatic nitrogens is 2. The number of Topliss-reactive ketones (excluding diaryl/α,β-unsaturated/α-hetero) is 1. The summed E-state index contributed by atoms with van der Waals surface area (Å²) < 4.78 is 40.7. The van der Waals surface area contributed by atoms with Crippen LogP contribution < -0.4 is 26.8 Å². The van der Waals surface area contributed by atoms with Crippen LogP contribution in [-0.4, -0.2) is 57.6 Å². The van der Waals surface area contributed by atoms with Crippen molar-refractivity contribution in [3.05, 3.63) is 44.3 Å². The molecule has 4 aliphatic carbocycles. The van der Waals surface area contributed by atoms with E-state index in [1.807, 2.05) is 0 Å². The normalized spacial score (nSPS) is 27.8. The third kappa shape index (κ3) is 6.63. The Hall–Kier alpha value is -4.08. The Morgan fingerprint density at radius 2 is 1.69 bits per heavy atom. The fraction of sp³-hybridized carbons (Fsp3) is 0.594. The molecule has 4 N–H and O–H groups in total. The zero-order valence-electron chi connectivity index (χ0n) is 27.4. The fourth-order valence-corrected chi connectivity index (χ4v) is 9.73. The number of hydrogen-bond donors (Lipinski definition) is 4. The molecule has 2 aromatic rings. The monoisotopic (exact) mass is 692 g/mol. The van der Waals surface area contributed by atoms with Crippen molar-refractivity contribution in [2.45, 2.75) is 96.9 Å². The van der Waals surface area contributed by atoms with Crippen molar-refractivity contribution in [1.29, 1.82) is 0 Å². The number of carbonyl (C=O) groups is 5. The molecule has 4 saturated carbocycles. The molecule has 12 nitrogen and oxygen atoms in total. The van der Waals surface area contributed by atoms with Gasteiger partial charge in [0.1, 0.15) is 23.2 Å². The van der Waals surface area contributed by atoms with Crippen LogP contribution in [0.2, 0.25) is 0 Å². The van der Waals surface area contributed by atoms with Crippen molar-refractivity contribution < 1.29 is 37.1 Å². The van der Waals surface area contributed by atoms with Gasteiger partial charge in [0.2, 0.25) is 17.6 Å². The number of carbonyl (C=O) groups excluding carboxylic acids is 5. The summed E-state index contributed by atoms with van der Waals surface area (Å²) in [4.78, 5) is 80.0. The average Bonchev–Trinajstić information content (AvgIpc) is 3.48. The Morgan fingerprint density at radius 1 is 1.04 bits per heavy atom. The minimum absolute atomic E-state index is 0.0909. The maximum absolute atomic E-state index is 13.4. The van der Waals surface area contributed by atoms with Crippen molar-refractivity contribution in [1.82, 2.24) is 25.5 Å². The number of hydrogen-bond acceptors (Lipinski definition) is 8. The van der Waals surface area contributed by atoms with Crippen LogP contribution in [0.3, 0.4) is 0 Å². The van der Waals surface area contributed by atoms with E-state index in [1.165, 1.54) is 32.3 Å². The zero-order valence-corrected chi connectivity index (χ0v) is 28.2. The lowest BCUT2D eigenvalue weighted by Crippen LogP contribution is -2.54. The summed E-state index contributed by atoms with van der Waals surface area (Å²) in [6.07, 6.45) is 0.566. The maximum Gasteiger partial charge on any atom is 0.443 e. The maximum atomic E-state index is 13.4. The van der Waals surface area contributed by atoms with E-state index in [0.717, 1.165) is 36.7 Å². The van der Waals surface area contributed by atoms with E-state index in [-0.39, 0.29) is 57.0 Å². The predicted octanol–water partition coefficient (Wildman–Crippen LogP) is 3.33. The second-order valence-electron chi connectivity index (χ2n) is 14.5. The van der Waals surface area contributed by atoms with Gasteiger partial charge in [-0.2, -0.15) is 13.2 Å². The molecule has 0 saturated heterocycles. The molecule has 4 fully saturated rings. The minimum Gasteiger partial charge on any atom is -0.353 e. The molecule has 3 atom stereocenters. The first kappa shape index (κ1) is 35.2. The van der Waals surface area contributed by atoms with E-state index in [0.29, 0.717) is 0 Å². The topological polar surface area (TPSA) is 168 Å². The molecule has 0 aromatic carbocycles. The molecule has 4 aliphatic rings. The highest BCUT2D eigenvalue weighted by Gasteiger charge is 2.71. The summed E-state index contributed by atoms with van der Waals surface area (Å²) in [5, 5.41) is 8.85. The summed E-state index contributed by atoms with van der Waals surface area (Å²) in [5.74, 6) is -4.19. The largest absolute Gasteiger partial charge is 0.443 e. The lowest BCUT2D eigenvalue weighted by molar-refractivity contribution is -0.137. The second kappa shape index (κ2) is 12.1. The molecular formula is C32H39F3N6O6S. The Kier molecular flexibility index (Phi) is 8.89. The van der Waals surface area contributed by atoms with Crippen LogP contribution in [0.5, 0.6) is 0 Å². The van der Waals surface area contributed by atoms with Gasteiger partial charge >= 0.3 is 6.18 Å². The molecular weight excluding hydrogens is 653 g/mol. The lowest BCUT2D eigenvalue weighted by Gasteiger charge is -2.46. The predicted molar refractivity (Wildman–Crippen MR) is 169 cm³/mol. The van der Waals surface area contributed by atoms with Gasteiger partial charge in [0.15, 0.2) is 5.01 Å². The summed E-state index contributed by atoms with van der Waals surface area (Å²) in [5.41, 5.74) is -1.11. The van der Waals surface area contributed by atoms with E-state index in [1.54, 1.807) is 0 Å². The van der Waals surface area contributed by atoms with Gasteiger partial charge in [-0.3, -0.25) is 28.8 Å². The van der Waals surface area contributed by atoms with Gasteiger partial charge in [-0.05, 0) is 73.8 Å². The third-order valence-corrected chi connectivity index (χ3v) is 11.5. The van der Waals surface area contributed by atoms with Crippen LogP contribution in [0.15, 0.2) is 23.1 Å². The van der Waals surface area contributed by atoms with E-state index in [4.69, 9.17) is 0 Å². The number of halogens is 3. The van der Waals surface area contributed by atoms with Crippen molar-refractivity contribution >= 4 is 46.4 Å². The zero-order chi connectivity index (χ0) is 35.4. The van der Waals surface area contributed by atoms with E-state index < -0.39 is 64.0 Å². The first-order valence-corrected chi connectivity index (χ1v) is 16.4. The summed E-state index contributed by atoms with van der Waals surface area (Å²) in [6.45, 7) is 7.76. The number of nitrogens with one attached hydrogen (secondary N) is 4. The molecule has 48 heavy (non-hydrogen) atoms. The molecule has 4 amide bonds. The molecule has 4 bridgehead atoms. The van der Waals surface area contributed by atoms with Crippen molar-refractivity contribution in [3.8, 4) is 0 Å². The van der Waals surface area contributed by atoms with Gasteiger partial charge < -0.3 is 25.8 Å². The highest BCUT2D eigenvalue weighted by atomic mass is 32.1. The Bertz CT molecular complexity index is 1730. The van der Waals surface area contributed by atoms with Crippen molar-refractivity contribution in [2.24, 2.45) is 16.2 Å². The average molecular weight is 693 g/mol. The lowest BCUT2D eigenvalue weighted by atomic mass is 9.64. The van der Waals surface area contributed by atoms with Crippen LogP contribution in [0.25, 0.3) is 0 Å². The number of rotatable bonds is 11. The van der Waals surface area contributed by atoms with Gasteiger partial charge in [0, 0.05) is 25.2 Å². The number of ketones is 1. The van der Waals surface area contributed by atoms with Gasteiger partial charge in [0.25, 0.3) is 17.4 Å². The van der Waals surface area contributed by atoms with Crippen LogP contribution >= 0.6 is 11.3 Å². The fourth-order valence-electron chi connectivity index (χ4n) is 8.90.